The largest absolute Gasteiger partial charge is 0.480 e. The maximum absolute atomic E-state index is 10.1. The number of rotatable bonds is 11. The van der Waals surface area contributed by atoms with Crippen molar-refractivity contribution in [1.29, 1.82) is 0 Å². The molecular weight excluding hydrogens is 374 g/mol. The molecule has 0 aliphatic heterocycles. The predicted octanol–water partition coefficient (Wildman–Crippen LogP) is -1.75. The quantitative estimate of drug-likeness (QED) is 0.177. The first-order valence-electron chi connectivity index (χ1n) is 8.71. The molecular formula is C16H35N5O7. The van der Waals surface area contributed by atoms with Crippen LogP contribution >= 0.6 is 0 Å². The first-order valence-corrected chi connectivity index (χ1v) is 8.71. The van der Waals surface area contributed by atoms with Gasteiger partial charge in [-0.25, -0.2) is 0 Å². The van der Waals surface area contributed by atoms with Gasteiger partial charge in [0.15, 0.2) is 0 Å². The second-order valence-electron chi connectivity index (χ2n) is 6.29. The highest BCUT2D eigenvalue weighted by atomic mass is 16.4. The lowest BCUT2D eigenvalue weighted by Crippen LogP contribution is -2.34. The van der Waals surface area contributed by atoms with E-state index < -0.39 is 41.9 Å². The van der Waals surface area contributed by atoms with Crippen LogP contribution in [0.2, 0.25) is 0 Å². The van der Waals surface area contributed by atoms with Gasteiger partial charge >= 0.3 is 17.9 Å². The molecule has 0 heterocycles. The van der Waals surface area contributed by atoms with Crippen molar-refractivity contribution in [3.8, 4) is 0 Å². The fourth-order valence-corrected chi connectivity index (χ4v) is 1.34. The van der Waals surface area contributed by atoms with Crippen LogP contribution in [0.1, 0.15) is 46.0 Å². The van der Waals surface area contributed by atoms with E-state index >= 15 is 0 Å². The number of unbranched alkanes of at least 4 members (excludes halogenated alkanes) is 1. The van der Waals surface area contributed by atoms with E-state index in [0.717, 1.165) is 12.8 Å². The average Bonchev–Trinajstić information content (AvgIpc) is 2.59. The molecule has 13 N–H and O–H groups in total. The van der Waals surface area contributed by atoms with E-state index in [0.29, 0.717) is 13.0 Å². The lowest BCUT2D eigenvalue weighted by atomic mass is 10.1. The van der Waals surface area contributed by atoms with Gasteiger partial charge in [0.1, 0.15) is 18.1 Å². The molecule has 0 aromatic rings. The molecule has 12 heteroatoms. The van der Waals surface area contributed by atoms with Crippen molar-refractivity contribution in [3.05, 3.63) is 0 Å². The third-order valence-corrected chi connectivity index (χ3v) is 3.31. The zero-order valence-electron chi connectivity index (χ0n) is 16.4. The Bertz CT molecular complexity index is 474. The maximum atomic E-state index is 10.1. The molecule has 0 radical (unpaired) electrons. The van der Waals surface area contributed by atoms with Gasteiger partial charge in [0.05, 0.1) is 0 Å². The summed E-state index contributed by atoms with van der Waals surface area (Å²) in [5, 5.41) is 24.8. The summed E-state index contributed by atoms with van der Waals surface area (Å²) in [6, 6.07) is -2.41. The minimum atomic E-state index is -1.11. The van der Waals surface area contributed by atoms with Crippen LogP contribution in [-0.4, -0.2) is 63.8 Å². The van der Waals surface area contributed by atoms with E-state index in [1.165, 1.54) is 0 Å². The summed E-state index contributed by atoms with van der Waals surface area (Å²) in [7, 11) is 0. The summed E-state index contributed by atoms with van der Waals surface area (Å²) in [5.41, 5.74) is 25.4. The standard InChI is InChI=1S/C6H14N2O2.C5H10N2O3.C5H11NO2/c7-4-2-1-3-5(8)6(9)10;6-3(5(9)10)1-2-4(7)8;1-3(2)4(6)5(7)8/h5H,1-4,7-8H2,(H,9,10);3H,1-2,6H2,(H2,7,8)(H,9,10);3-4H,6H2,1-2H3,(H,7,8)/t5-;3-;4-/m000/s1. The highest BCUT2D eigenvalue weighted by Gasteiger charge is 2.14. The number of amides is 1. The summed E-state index contributed by atoms with van der Waals surface area (Å²) in [4.78, 5) is 40.3. The van der Waals surface area contributed by atoms with E-state index in [1.54, 1.807) is 13.8 Å². The smallest absolute Gasteiger partial charge is 0.320 e. The Morgan fingerprint density at radius 3 is 1.46 bits per heavy atom. The molecule has 0 fully saturated rings. The summed E-state index contributed by atoms with van der Waals surface area (Å²) < 4.78 is 0. The minimum Gasteiger partial charge on any atom is -0.480 e. The molecule has 0 aromatic heterocycles. The number of primary amides is 1. The lowest BCUT2D eigenvalue weighted by Gasteiger charge is -2.07. The van der Waals surface area contributed by atoms with Crippen LogP contribution in [-0.2, 0) is 19.2 Å². The Kier molecular flexibility index (Phi) is 19.7. The van der Waals surface area contributed by atoms with E-state index in [4.69, 9.17) is 44.0 Å². The third kappa shape index (κ3) is 21.8. The Hall–Kier alpha value is -2.28. The van der Waals surface area contributed by atoms with Crippen molar-refractivity contribution in [2.24, 2.45) is 34.6 Å². The second-order valence-corrected chi connectivity index (χ2v) is 6.29. The normalized spacial score (nSPS) is 13.1. The van der Waals surface area contributed by atoms with Gasteiger partial charge in [-0.05, 0) is 31.7 Å². The highest BCUT2D eigenvalue weighted by Crippen LogP contribution is 1.97. The molecule has 166 valence electrons. The predicted molar refractivity (Wildman–Crippen MR) is 103 cm³/mol. The molecule has 0 bridgehead atoms. The monoisotopic (exact) mass is 409 g/mol. The zero-order valence-corrected chi connectivity index (χ0v) is 16.4. The van der Waals surface area contributed by atoms with Crippen LogP contribution in [0.25, 0.3) is 0 Å². The number of hydrogen-bond acceptors (Lipinski definition) is 8. The van der Waals surface area contributed by atoms with Gasteiger partial charge < -0.3 is 44.0 Å². The van der Waals surface area contributed by atoms with Crippen LogP contribution in [0, 0.1) is 5.92 Å². The van der Waals surface area contributed by atoms with E-state index in [9.17, 15) is 19.2 Å². The molecule has 28 heavy (non-hydrogen) atoms. The minimum absolute atomic E-state index is 0.0208. The summed E-state index contributed by atoms with van der Waals surface area (Å²) in [6.45, 7) is 4.16. The molecule has 0 rings (SSSR count). The van der Waals surface area contributed by atoms with Crippen molar-refractivity contribution in [2.75, 3.05) is 6.54 Å². The van der Waals surface area contributed by atoms with Gasteiger partial charge in [0.2, 0.25) is 5.91 Å². The van der Waals surface area contributed by atoms with Crippen LogP contribution in [0.4, 0.5) is 0 Å². The molecule has 0 aliphatic rings. The fraction of sp³-hybridized carbons (Fsp3) is 0.750. The molecule has 1 amide bonds. The first kappa shape index (κ1) is 30.4. The van der Waals surface area contributed by atoms with Crippen LogP contribution in [0.15, 0.2) is 0 Å². The SMILES string of the molecule is CC(C)[C@H](N)C(=O)O.NC(=O)CC[C@H](N)C(=O)O.NCCCC[C@H](N)C(=O)O. The Balaban J connectivity index is -0.000000337. The summed E-state index contributed by atoms with van der Waals surface area (Å²) >= 11 is 0. The molecule has 3 atom stereocenters. The average molecular weight is 409 g/mol. The van der Waals surface area contributed by atoms with Gasteiger partial charge in [-0.1, -0.05) is 20.3 Å². The molecule has 0 unspecified atom stereocenters. The van der Waals surface area contributed by atoms with Crippen molar-refractivity contribution < 1.29 is 34.5 Å². The first-order chi connectivity index (χ1) is 12.8. The third-order valence-electron chi connectivity index (χ3n) is 3.31. The van der Waals surface area contributed by atoms with Crippen molar-refractivity contribution in [1.82, 2.24) is 0 Å². The van der Waals surface area contributed by atoms with Crippen molar-refractivity contribution >= 4 is 23.8 Å². The zero-order chi connectivity index (χ0) is 22.9. The fourth-order valence-electron chi connectivity index (χ4n) is 1.34. The summed E-state index contributed by atoms with van der Waals surface area (Å²) in [5.74, 6) is -3.48. The maximum Gasteiger partial charge on any atom is 0.320 e. The van der Waals surface area contributed by atoms with Gasteiger partial charge in [-0.3, -0.25) is 19.2 Å². The molecule has 0 aromatic carbocycles. The molecule has 12 nitrogen and oxygen atoms in total. The van der Waals surface area contributed by atoms with Crippen LogP contribution in [0.3, 0.4) is 0 Å². The number of carbonyl (C=O) groups is 4. The van der Waals surface area contributed by atoms with Crippen LogP contribution in [0.5, 0.6) is 0 Å². The summed E-state index contributed by atoms with van der Waals surface area (Å²) in [6.07, 6.45) is 2.29. The molecule has 0 aliphatic carbocycles. The number of aliphatic carboxylic acids is 3. The van der Waals surface area contributed by atoms with Crippen LogP contribution < -0.4 is 28.7 Å². The molecule has 0 saturated heterocycles. The van der Waals surface area contributed by atoms with Gasteiger partial charge in [-0.2, -0.15) is 0 Å². The number of nitrogens with two attached hydrogens (primary N) is 5. The van der Waals surface area contributed by atoms with Crippen molar-refractivity contribution in [2.45, 2.75) is 64.1 Å². The Morgan fingerprint density at radius 2 is 1.21 bits per heavy atom. The van der Waals surface area contributed by atoms with Gasteiger partial charge in [0.25, 0.3) is 0 Å². The highest BCUT2D eigenvalue weighted by molar-refractivity contribution is 5.77. The van der Waals surface area contributed by atoms with Crippen molar-refractivity contribution in [3.63, 3.8) is 0 Å². The number of carbonyl (C=O) groups excluding carboxylic acids is 1. The van der Waals surface area contributed by atoms with E-state index in [2.05, 4.69) is 0 Å². The Morgan fingerprint density at radius 1 is 0.786 bits per heavy atom. The van der Waals surface area contributed by atoms with E-state index in [-0.39, 0.29) is 18.8 Å². The lowest BCUT2D eigenvalue weighted by molar-refractivity contribution is -0.140. The number of carboxylic acid groups (broad SMARTS) is 3. The van der Waals surface area contributed by atoms with Gasteiger partial charge in [0, 0.05) is 6.42 Å². The molecule has 0 spiro atoms. The molecule has 0 saturated carbocycles. The number of carboxylic acids is 3. The number of hydrogen-bond donors (Lipinski definition) is 8. The topological polar surface area (TPSA) is 259 Å². The Labute approximate surface area is 164 Å². The second kappa shape index (κ2) is 18.1. The van der Waals surface area contributed by atoms with E-state index in [1.807, 2.05) is 0 Å². The van der Waals surface area contributed by atoms with Gasteiger partial charge in [-0.15, -0.1) is 0 Å².